The van der Waals surface area contributed by atoms with Crippen LogP contribution in [0.25, 0.3) is 0 Å². The zero-order chi connectivity index (χ0) is 19.1. The third-order valence-corrected chi connectivity index (χ3v) is 4.24. The van der Waals surface area contributed by atoms with Crippen LogP contribution in [-0.2, 0) is 11.3 Å². The number of halogens is 1. The zero-order valence-corrected chi connectivity index (χ0v) is 18.8. The summed E-state index contributed by atoms with van der Waals surface area (Å²) in [6.45, 7) is 8.01. The lowest BCUT2D eigenvalue weighted by atomic mass is 10.2. The second-order valence-electron chi connectivity index (χ2n) is 6.78. The molecule has 0 atom stereocenters. The van der Waals surface area contributed by atoms with Crippen molar-refractivity contribution >= 4 is 41.3 Å². The maximum atomic E-state index is 6.00. The van der Waals surface area contributed by atoms with Gasteiger partial charge >= 0.3 is 0 Å². The molecular formula is C21H29IN4O2. The highest BCUT2D eigenvalue weighted by Gasteiger charge is 2.10. The van der Waals surface area contributed by atoms with Crippen molar-refractivity contribution < 1.29 is 9.47 Å². The Morgan fingerprint density at radius 3 is 2.36 bits per heavy atom. The number of nitrogens with zero attached hydrogens (tertiary/aromatic N) is 2. The van der Waals surface area contributed by atoms with Crippen LogP contribution in [0.2, 0.25) is 0 Å². The molecule has 1 heterocycles. The van der Waals surface area contributed by atoms with Gasteiger partial charge < -0.3 is 25.4 Å². The molecule has 2 aromatic carbocycles. The normalized spacial score (nSPS) is 14.5. The average molecular weight is 496 g/mol. The molecule has 0 unspecified atom stereocenters. The predicted octanol–water partition coefficient (Wildman–Crippen LogP) is 3.86. The monoisotopic (exact) mass is 496 g/mol. The Bertz CT molecular complexity index is 742. The molecule has 0 amide bonds. The average Bonchev–Trinajstić information content (AvgIpc) is 2.69. The predicted molar refractivity (Wildman–Crippen MR) is 126 cm³/mol. The number of hydrogen-bond acceptors (Lipinski definition) is 4. The molecule has 1 aliphatic rings. The highest BCUT2D eigenvalue weighted by atomic mass is 127. The maximum Gasteiger partial charge on any atom is 0.193 e. The van der Waals surface area contributed by atoms with Crippen LogP contribution in [0.3, 0.4) is 0 Å². The van der Waals surface area contributed by atoms with Crippen LogP contribution < -0.4 is 20.7 Å². The van der Waals surface area contributed by atoms with E-state index >= 15 is 0 Å². The van der Waals surface area contributed by atoms with E-state index in [0.29, 0.717) is 12.5 Å². The van der Waals surface area contributed by atoms with Gasteiger partial charge in [0.2, 0.25) is 0 Å². The number of anilines is 2. The van der Waals surface area contributed by atoms with E-state index in [2.05, 4.69) is 39.5 Å². The van der Waals surface area contributed by atoms with E-state index in [-0.39, 0.29) is 30.1 Å². The maximum absolute atomic E-state index is 6.00. The third-order valence-electron chi connectivity index (χ3n) is 4.24. The molecule has 3 N–H and O–H groups in total. The van der Waals surface area contributed by atoms with Crippen molar-refractivity contribution in [3.05, 3.63) is 54.1 Å². The number of nitrogens with two attached hydrogens (primary N) is 1. The first-order chi connectivity index (χ1) is 13.1. The van der Waals surface area contributed by atoms with Gasteiger partial charge in [-0.3, -0.25) is 0 Å². The molecule has 28 heavy (non-hydrogen) atoms. The molecule has 1 saturated heterocycles. The number of hydrogen-bond donors (Lipinski definition) is 2. The highest BCUT2D eigenvalue weighted by Crippen LogP contribution is 2.18. The SMILES string of the molecule is CC(C)Oc1ccc(NC(N)=NCc2ccc(N3CCOCC3)cc2)cc1.I. The summed E-state index contributed by atoms with van der Waals surface area (Å²) in [5.74, 6) is 1.23. The van der Waals surface area contributed by atoms with E-state index in [9.17, 15) is 0 Å². The Morgan fingerprint density at radius 1 is 1.11 bits per heavy atom. The van der Waals surface area contributed by atoms with Crippen LogP contribution in [0.4, 0.5) is 11.4 Å². The first-order valence-electron chi connectivity index (χ1n) is 9.35. The lowest BCUT2D eigenvalue weighted by Gasteiger charge is -2.28. The van der Waals surface area contributed by atoms with E-state index in [1.165, 1.54) is 5.69 Å². The molecule has 1 fully saturated rings. The van der Waals surface area contributed by atoms with Crippen molar-refractivity contribution in [2.24, 2.45) is 10.7 Å². The summed E-state index contributed by atoms with van der Waals surface area (Å²) in [6.07, 6.45) is 0.157. The Hall–Kier alpha value is -2.00. The molecule has 2 aromatic rings. The number of nitrogens with one attached hydrogen (secondary N) is 1. The van der Waals surface area contributed by atoms with E-state index in [0.717, 1.165) is 43.3 Å². The van der Waals surface area contributed by atoms with Gasteiger partial charge in [0.25, 0.3) is 0 Å². The van der Waals surface area contributed by atoms with Gasteiger partial charge in [-0.05, 0) is 55.8 Å². The van der Waals surface area contributed by atoms with Crippen molar-refractivity contribution in [2.45, 2.75) is 26.5 Å². The molecule has 0 saturated carbocycles. The summed E-state index contributed by atoms with van der Waals surface area (Å²) in [6, 6.07) is 16.1. The fraction of sp³-hybridized carbons (Fsp3) is 0.381. The van der Waals surface area contributed by atoms with E-state index < -0.39 is 0 Å². The summed E-state index contributed by atoms with van der Waals surface area (Å²) in [7, 11) is 0. The van der Waals surface area contributed by atoms with Gasteiger partial charge in [0.05, 0.1) is 25.9 Å². The molecule has 7 heteroatoms. The minimum atomic E-state index is 0. The lowest BCUT2D eigenvalue weighted by Crippen LogP contribution is -2.36. The molecule has 6 nitrogen and oxygen atoms in total. The molecule has 0 aliphatic carbocycles. The number of aliphatic imine (C=N–C) groups is 1. The second-order valence-corrected chi connectivity index (χ2v) is 6.78. The minimum Gasteiger partial charge on any atom is -0.491 e. The minimum absolute atomic E-state index is 0. The number of ether oxygens (including phenoxy) is 2. The Labute approximate surface area is 184 Å². The molecule has 0 aromatic heterocycles. The van der Waals surface area contributed by atoms with Gasteiger partial charge in [-0.1, -0.05) is 12.1 Å². The second kappa shape index (κ2) is 11.1. The molecule has 0 radical (unpaired) electrons. The summed E-state index contributed by atoms with van der Waals surface area (Å²) < 4.78 is 11.0. The molecule has 0 spiro atoms. The van der Waals surface area contributed by atoms with Crippen molar-refractivity contribution in [3.8, 4) is 5.75 Å². The van der Waals surface area contributed by atoms with Crippen molar-refractivity contribution in [2.75, 3.05) is 36.5 Å². The van der Waals surface area contributed by atoms with Crippen molar-refractivity contribution in [3.63, 3.8) is 0 Å². The number of benzene rings is 2. The van der Waals surface area contributed by atoms with Crippen LogP contribution in [0.5, 0.6) is 5.75 Å². The Balaban J connectivity index is 0.00000280. The largest absolute Gasteiger partial charge is 0.491 e. The van der Waals surface area contributed by atoms with Crippen LogP contribution in [-0.4, -0.2) is 38.4 Å². The topological polar surface area (TPSA) is 72.1 Å². The smallest absolute Gasteiger partial charge is 0.193 e. The summed E-state index contributed by atoms with van der Waals surface area (Å²) in [4.78, 5) is 6.75. The van der Waals surface area contributed by atoms with E-state index in [4.69, 9.17) is 15.2 Å². The zero-order valence-electron chi connectivity index (χ0n) is 16.4. The molecule has 1 aliphatic heterocycles. The van der Waals surface area contributed by atoms with Crippen molar-refractivity contribution in [1.82, 2.24) is 0 Å². The van der Waals surface area contributed by atoms with Gasteiger partial charge in [-0.15, -0.1) is 24.0 Å². The fourth-order valence-electron chi connectivity index (χ4n) is 2.89. The molecule has 0 bridgehead atoms. The summed E-state index contributed by atoms with van der Waals surface area (Å²) >= 11 is 0. The fourth-order valence-corrected chi connectivity index (χ4v) is 2.89. The third kappa shape index (κ3) is 6.87. The van der Waals surface area contributed by atoms with E-state index in [1.54, 1.807) is 0 Å². The molecule has 3 rings (SSSR count). The highest BCUT2D eigenvalue weighted by molar-refractivity contribution is 14.0. The van der Waals surface area contributed by atoms with E-state index in [1.807, 2.05) is 38.1 Å². The van der Waals surface area contributed by atoms with Crippen LogP contribution in [0.1, 0.15) is 19.4 Å². The first kappa shape index (κ1) is 22.3. The molecule has 152 valence electrons. The number of guanidine groups is 1. The summed E-state index contributed by atoms with van der Waals surface area (Å²) in [5, 5.41) is 3.11. The standard InChI is InChI=1S/C21H28N4O2.HI/c1-16(2)27-20-9-5-18(6-10-20)24-21(22)23-15-17-3-7-19(8-4-17)25-11-13-26-14-12-25;/h3-10,16H,11-15H2,1-2H3,(H3,22,23,24);1H. The number of morpholine rings is 1. The van der Waals surface area contributed by atoms with Crippen molar-refractivity contribution in [1.29, 1.82) is 0 Å². The first-order valence-corrected chi connectivity index (χ1v) is 9.35. The Morgan fingerprint density at radius 2 is 1.75 bits per heavy atom. The van der Waals surface area contributed by atoms with Gasteiger partial charge in [0.15, 0.2) is 5.96 Å². The van der Waals surface area contributed by atoms with Crippen LogP contribution in [0.15, 0.2) is 53.5 Å². The Kier molecular flexibility index (Phi) is 8.85. The summed E-state index contributed by atoms with van der Waals surface area (Å²) in [5.41, 5.74) is 9.23. The van der Waals surface area contributed by atoms with Crippen LogP contribution >= 0.6 is 24.0 Å². The quantitative estimate of drug-likeness (QED) is 0.361. The van der Waals surface area contributed by atoms with Gasteiger partial charge in [-0.25, -0.2) is 4.99 Å². The van der Waals surface area contributed by atoms with Gasteiger partial charge in [-0.2, -0.15) is 0 Å². The lowest BCUT2D eigenvalue weighted by molar-refractivity contribution is 0.122. The van der Waals surface area contributed by atoms with Crippen LogP contribution in [0, 0.1) is 0 Å². The van der Waals surface area contributed by atoms with Gasteiger partial charge in [0.1, 0.15) is 5.75 Å². The molecular weight excluding hydrogens is 467 g/mol. The number of rotatable bonds is 6. The van der Waals surface area contributed by atoms with Gasteiger partial charge in [0, 0.05) is 24.5 Å².